The monoisotopic (exact) mass is 220 g/mol. The molecule has 0 aliphatic carbocycles. The molecule has 1 aromatic heterocycles. The van der Waals surface area contributed by atoms with Gasteiger partial charge in [0.15, 0.2) is 0 Å². The molecular weight excluding hydrogens is 204 g/mol. The number of carbonyl (C=O) groups is 1. The SMILES string of the molecule is N#Cc1cccn1CCCCCC(=O)NN. The number of amides is 1. The second-order valence-electron chi connectivity index (χ2n) is 3.58. The van der Waals surface area contributed by atoms with Crippen LogP contribution in [0.15, 0.2) is 18.3 Å². The fraction of sp³-hybridized carbons (Fsp3) is 0.455. The molecule has 0 radical (unpaired) electrons. The number of unbranched alkanes of at least 4 members (excludes halogenated alkanes) is 2. The average molecular weight is 220 g/mol. The van der Waals surface area contributed by atoms with Crippen molar-refractivity contribution in [3.8, 4) is 6.07 Å². The summed E-state index contributed by atoms with van der Waals surface area (Å²) in [4.78, 5) is 10.8. The van der Waals surface area contributed by atoms with Crippen molar-refractivity contribution in [2.45, 2.75) is 32.2 Å². The van der Waals surface area contributed by atoms with Crippen molar-refractivity contribution in [1.29, 1.82) is 5.26 Å². The highest BCUT2D eigenvalue weighted by atomic mass is 16.2. The van der Waals surface area contributed by atoms with E-state index in [0.29, 0.717) is 12.1 Å². The fourth-order valence-corrected chi connectivity index (χ4v) is 1.53. The van der Waals surface area contributed by atoms with Crippen molar-refractivity contribution >= 4 is 5.91 Å². The Bertz CT molecular complexity index is 378. The minimum Gasteiger partial charge on any atom is -0.339 e. The van der Waals surface area contributed by atoms with Crippen molar-refractivity contribution in [2.24, 2.45) is 5.84 Å². The number of hydrogen-bond donors (Lipinski definition) is 2. The Hall–Kier alpha value is -1.80. The molecule has 1 amide bonds. The highest BCUT2D eigenvalue weighted by Gasteiger charge is 2.00. The Balaban J connectivity index is 2.17. The van der Waals surface area contributed by atoms with E-state index in [9.17, 15) is 4.79 Å². The maximum Gasteiger partial charge on any atom is 0.233 e. The molecule has 1 aromatic rings. The maximum atomic E-state index is 10.8. The van der Waals surface area contributed by atoms with Crippen LogP contribution in [-0.4, -0.2) is 10.5 Å². The molecule has 0 aliphatic heterocycles. The van der Waals surface area contributed by atoms with Gasteiger partial charge in [0.25, 0.3) is 0 Å². The zero-order valence-electron chi connectivity index (χ0n) is 9.15. The van der Waals surface area contributed by atoms with Crippen LogP contribution in [0.5, 0.6) is 0 Å². The molecule has 0 bridgehead atoms. The molecule has 5 heteroatoms. The van der Waals surface area contributed by atoms with Crippen LogP contribution in [-0.2, 0) is 11.3 Å². The Labute approximate surface area is 94.8 Å². The summed E-state index contributed by atoms with van der Waals surface area (Å²) in [5.41, 5.74) is 2.78. The normalized spacial score (nSPS) is 9.75. The Morgan fingerprint density at radius 2 is 2.31 bits per heavy atom. The summed E-state index contributed by atoms with van der Waals surface area (Å²) in [6.07, 6.45) is 5.10. The first kappa shape index (κ1) is 12.3. The molecule has 0 saturated heterocycles. The van der Waals surface area contributed by atoms with Gasteiger partial charge in [-0.1, -0.05) is 6.42 Å². The summed E-state index contributed by atoms with van der Waals surface area (Å²) < 4.78 is 1.92. The first-order chi connectivity index (χ1) is 7.77. The quantitative estimate of drug-likeness (QED) is 0.323. The van der Waals surface area contributed by atoms with Crippen molar-refractivity contribution < 1.29 is 4.79 Å². The molecule has 0 aliphatic rings. The van der Waals surface area contributed by atoms with Crippen LogP contribution in [0.3, 0.4) is 0 Å². The van der Waals surface area contributed by atoms with Crippen molar-refractivity contribution in [1.82, 2.24) is 9.99 Å². The summed E-state index contributed by atoms with van der Waals surface area (Å²) in [5.74, 6) is 4.84. The Morgan fingerprint density at radius 3 is 3.00 bits per heavy atom. The Morgan fingerprint density at radius 1 is 1.50 bits per heavy atom. The predicted octanol–water partition coefficient (Wildman–Crippen LogP) is 0.910. The number of nitrogens with one attached hydrogen (secondary N) is 1. The molecule has 1 heterocycles. The maximum absolute atomic E-state index is 10.8. The van der Waals surface area contributed by atoms with Crippen LogP contribution in [0.1, 0.15) is 31.4 Å². The third-order valence-electron chi connectivity index (χ3n) is 2.41. The standard InChI is InChI=1S/C11H16N4O/c12-9-10-5-4-8-15(10)7-3-1-2-6-11(16)14-13/h4-5,8H,1-3,6-7,13H2,(H,14,16). The number of hydrogen-bond acceptors (Lipinski definition) is 3. The average Bonchev–Trinajstić information content (AvgIpc) is 2.75. The van der Waals surface area contributed by atoms with E-state index in [1.54, 1.807) is 6.07 Å². The number of hydrazine groups is 1. The Kier molecular flexibility index (Phi) is 5.09. The summed E-state index contributed by atoms with van der Waals surface area (Å²) in [6.45, 7) is 0.820. The number of nitrogens with two attached hydrogens (primary N) is 1. The van der Waals surface area contributed by atoms with Crippen LogP contribution in [0.2, 0.25) is 0 Å². The van der Waals surface area contributed by atoms with Crippen molar-refractivity contribution in [3.05, 3.63) is 24.0 Å². The smallest absolute Gasteiger partial charge is 0.233 e. The molecule has 0 fully saturated rings. The first-order valence-corrected chi connectivity index (χ1v) is 5.32. The first-order valence-electron chi connectivity index (χ1n) is 5.32. The number of aromatic nitrogens is 1. The molecule has 5 nitrogen and oxygen atoms in total. The molecular formula is C11H16N4O. The van der Waals surface area contributed by atoms with Gasteiger partial charge in [0.2, 0.25) is 5.91 Å². The van der Waals surface area contributed by atoms with Crippen LogP contribution in [0.4, 0.5) is 0 Å². The summed E-state index contributed by atoms with van der Waals surface area (Å²) >= 11 is 0. The molecule has 3 N–H and O–H groups in total. The van der Waals surface area contributed by atoms with E-state index in [2.05, 4.69) is 11.5 Å². The van der Waals surface area contributed by atoms with E-state index in [4.69, 9.17) is 11.1 Å². The van der Waals surface area contributed by atoms with Crippen molar-refractivity contribution in [3.63, 3.8) is 0 Å². The fourth-order valence-electron chi connectivity index (χ4n) is 1.53. The highest BCUT2D eigenvalue weighted by Crippen LogP contribution is 2.05. The highest BCUT2D eigenvalue weighted by molar-refractivity contribution is 5.74. The largest absolute Gasteiger partial charge is 0.339 e. The van der Waals surface area contributed by atoms with Gasteiger partial charge in [-0.3, -0.25) is 10.2 Å². The zero-order valence-corrected chi connectivity index (χ0v) is 9.15. The lowest BCUT2D eigenvalue weighted by Crippen LogP contribution is -2.29. The third-order valence-corrected chi connectivity index (χ3v) is 2.41. The summed E-state index contributed by atoms with van der Waals surface area (Å²) in [5, 5.41) is 8.78. The minimum absolute atomic E-state index is 0.126. The van der Waals surface area contributed by atoms with E-state index in [0.717, 1.165) is 25.8 Å². The topological polar surface area (TPSA) is 83.8 Å². The lowest BCUT2D eigenvalue weighted by molar-refractivity contribution is -0.121. The van der Waals surface area contributed by atoms with Gasteiger partial charge in [0.1, 0.15) is 11.8 Å². The zero-order chi connectivity index (χ0) is 11.8. The van der Waals surface area contributed by atoms with Gasteiger partial charge in [-0.05, 0) is 25.0 Å². The third kappa shape index (κ3) is 3.75. The minimum atomic E-state index is -0.126. The molecule has 86 valence electrons. The lowest BCUT2D eigenvalue weighted by atomic mass is 10.2. The molecule has 0 unspecified atom stereocenters. The van der Waals surface area contributed by atoms with Crippen LogP contribution in [0, 0.1) is 11.3 Å². The molecule has 16 heavy (non-hydrogen) atoms. The summed E-state index contributed by atoms with van der Waals surface area (Å²) in [6, 6.07) is 5.78. The second-order valence-corrected chi connectivity index (χ2v) is 3.58. The van der Waals surface area contributed by atoms with E-state index in [1.807, 2.05) is 16.8 Å². The molecule has 0 saturated carbocycles. The molecule has 0 aromatic carbocycles. The number of carbonyl (C=O) groups excluding carboxylic acids is 1. The molecule has 0 atom stereocenters. The van der Waals surface area contributed by atoms with Gasteiger partial charge < -0.3 is 4.57 Å². The van der Waals surface area contributed by atoms with Gasteiger partial charge in [-0.15, -0.1) is 0 Å². The van der Waals surface area contributed by atoms with E-state index >= 15 is 0 Å². The summed E-state index contributed by atoms with van der Waals surface area (Å²) in [7, 11) is 0. The van der Waals surface area contributed by atoms with Crippen LogP contribution >= 0.6 is 0 Å². The van der Waals surface area contributed by atoms with Crippen molar-refractivity contribution in [2.75, 3.05) is 0 Å². The van der Waals surface area contributed by atoms with Crippen LogP contribution < -0.4 is 11.3 Å². The van der Waals surface area contributed by atoms with Gasteiger partial charge in [-0.2, -0.15) is 5.26 Å². The van der Waals surface area contributed by atoms with Gasteiger partial charge >= 0.3 is 0 Å². The number of rotatable bonds is 6. The van der Waals surface area contributed by atoms with Gasteiger partial charge in [-0.25, -0.2) is 5.84 Å². The van der Waals surface area contributed by atoms with Gasteiger partial charge in [0.05, 0.1) is 0 Å². The van der Waals surface area contributed by atoms with E-state index < -0.39 is 0 Å². The number of aryl methyl sites for hydroxylation is 1. The van der Waals surface area contributed by atoms with Crippen LogP contribution in [0.25, 0.3) is 0 Å². The molecule has 0 spiro atoms. The van der Waals surface area contributed by atoms with E-state index in [1.165, 1.54) is 0 Å². The van der Waals surface area contributed by atoms with Gasteiger partial charge in [0, 0.05) is 19.2 Å². The lowest BCUT2D eigenvalue weighted by Gasteiger charge is -2.04. The predicted molar refractivity (Wildman–Crippen MR) is 59.9 cm³/mol. The number of nitriles is 1. The molecule has 1 rings (SSSR count). The second kappa shape index (κ2) is 6.64. The van der Waals surface area contributed by atoms with E-state index in [-0.39, 0.29) is 5.91 Å². The number of nitrogens with zero attached hydrogens (tertiary/aromatic N) is 2.